The molecule has 0 saturated carbocycles. The van der Waals surface area contributed by atoms with Crippen LogP contribution in [0.5, 0.6) is 0 Å². The summed E-state index contributed by atoms with van der Waals surface area (Å²) >= 11 is 7.92. The van der Waals surface area contributed by atoms with Crippen molar-refractivity contribution >= 4 is 33.4 Å². The summed E-state index contributed by atoms with van der Waals surface area (Å²) in [4.78, 5) is 3.50. The molecule has 1 atom stereocenters. The molecule has 0 heterocycles. The lowest BCUT2D eigenvalue weighted by atomic mass is 10.1. The normalized spacial score (nSPS) is 13.2. The van der Waals surface area contributed by atoms with E-state index in [2.05, 4.69) is 18.9 Å². The minimum Gasteiger partial charge on any atom is -0.300 e. The molecule has 4 nitrogen and oxygen atoms in total. The van der Waals surface area contributed by atoms with Crippen molar-refractivity contribution in [2.24, 2.45) is 5.14 Å². The highest BCUT2D eigenvalue weighted by atomic mass is 35.5. The minimum atomic E-state index is -3.64. The molecule has 2 aromatic carbocycles. The molecule has 0 radical (unpaired) electrons. The van der Waals surface area contributed by atoms with Crippen molar-refractivity contribution in [2.75, 3.05) is 19.3 Å². The molecule has 0 aromatic heterocycles. The van der Waals surface area contributed by atoms with Gasteiger partial charge in [0.05, 0.1) is 9.92 Å². The number of rotatable bonds is 8. The van der Waals surface area contributed by atoms with Gasteiger partial charge in [0, 0.05) is 10.9 Å². The van der Waals surface area contributed by atoms with Crippen molar-refractivity contribution in [3.05, 3.63) is 59.1 Å². The molecule has 0 saturated heterocycles. The maximum absolute atomic E-state index is 11.3. The number of nitrogens with zero attached hydrogens (tertiary/aromatic N) is 1. The van der Waals surface area contributed by atoms with E-state index in [1.807, 2.05) is 36.4 Å². The van der Waals surface area contributed by atoms with Crippen molar-refractivity contribution in [1.82, 2.24) is 4.90 Å². The molecule has 0 fully saturated rings. The van der Waals surface area contributed by atoms with Crippen LogP contribution in [0.4, 0.5) is 0 Å². The van der Waals surface area contributed by atoms with Gasteiger partial charge in [-0.25, -0.2) is 13.6 Å². The van der Waals surface area contributed by atoms with Gasteiger partial charge in [-0.1, -0.05) is 35.9 Å². The molecule has 0 spiro atoms. The van der Waals surface area contributed by atoms with E-state index < -0.39 is 10.0 Å². The van der Waals surface area contributed by atoms with Crippen LogP contribution in [-0.4, -0.2) is 32.7 Å². The number of hydrogen-bond acceptors (Lipinski definition) is 4. The van der Waals surface area contributed by atoms with Crippen LogP contribution in [-0.2, 0) is 10.0 Å². The van der Waals surface area contributed by atoms with Crippen molar-refractivity contribution in [1.29, 1.82) is 0 Å². The lowest BCUT2D eigenvalue weighted by Crippen LogP contribution is -2.24. The molecule has 2 rings (SSSR count). The Hall–Kier alpha value is -1.05. The molecular formula is C18H23ClN2O2S2. The van der Waals surface area contributed by atoms with Crippen LogP contribution < -0.4 is 5.14 Å². The summed E-state index contributed by atoms with van der Waals surface area (Å²) in [5, 5.41) is 5.93. The fourth-order valence-corrected chi connectivity index (χ4v) is 4.13. The first kappa shape index (κ1) is 20.3. The summed E-state index contributed by atoms with van der Waals surface area (Å²) in [5.74, 6) is 0.991. The molecule has 2 aromatic rings. The number of primary sulfonamides is 1. The van der Waals surface area contributed by atoms with Crippen LogP contribution in [0.1, 0.15) is 24.9 Å². The Labute approximate surface area is 159 Å². The van der Waals surface area contributed by atoms with Crippen molar-refractivity contribution in [2.45, 2.75) is 29.2 Å². The summed E-state index contributed by atoms with van der Waals surface area (Å²) in [7, 11) is -1.57. The van der Waals surface area contributed by atoms with Crippen LogP contribution >= 0.6 is 23.4 Å². The molecule has 0 aliphatic heterocycles. The van der Waals surface area contributed by atoms with E-state index in [1.54, 1.807) is 23.9 Å². The maximum Gasteiger partial charge on any atom is 0.238 e. The van der Waals surface area contributed by atoms with Crippen LogP contribution in [0.2, 0.25) is 5.02 Å². The topological polar surface area (TPSA) is 63.4 Å². The predicted octanol–water partition coefficient (Wildman–Crippen LogP) is 4.16. The monoisotopic (exact) mass is 398 g/mol. The molecule has 25 heavy (non-hydrogen) atoms. The zero-order valence-electron chi connectivity index (χ0n) is 14.4. The number of sulfonamides is 1. The number of hydrogen-bond donors (Lipinski definition) is 1. The third-order valence-corrected chi connectivity index (χ3v) is 6.63. The number of benzene rings is 2. The zero-order chi connectivity index (χ0) is 18.4. The van der Waals surface area contributed by atoms with E-state index in [4.69, 9.17) is 16.7 Å². The third kappa shape index (κ3) is 6.01. The van der Waals surface area contributed by atoms with Crippen molar-refractivity contribution in [3.63, 3.8) is 0 Å². The first-order valence-corrected chi connectivity index (χ1v) is 10.9. The standard InChI is InChI=1S/C18H23ClN2O2S2/c1-14(15-8-10-16(11-9-15)25(20,22)23)21(2)12-5-13-24-18-7-4-3-6-17(18)19/h3-4,6-11,14H,5,12-13H2,1-2H3,(H2,20,22,23). The van der Waals surface area contributed by atoms with E-state index in [1.165, 1.54) is 0 Å². The Bertz CT molecular complexity index is 795. The largest absolute Gasteiger partial charge is 0.300 e. The molecular weight excluding hydrogens is 376 g/mol. The van der Waals surface area contributed by atoms with Crippen molar-refractivity contribution in [3.8, 4) is 0 Å². The van der Waals surface area contributed by atoms with Crippen LogP contribution in [0.15, 0.2) is 58.3 Å². The van der Waals surface area contributed by atoms with Crippen LogP contribution in [0.3, 0.4) is 0 Å². The fraction of sp³-hybridized carbons (Fsp3) is 0.333. The summed E-state index contributed by atoms with van der Waals surface area (Å²) in [6.07, 6.45) is 1.03. The lowest BCUT2D eigenvalue weighted by Gasteiger charge is -2.25. The Kier molecular flexibility index (Phi) is 7.34. The van der Waals surface area contributed by atoms with Crippen LogP contribution in [0.25, 0.3) is 0 Å². The van der Waals surface area contributed by atoms with Gasteiger partial charge in [0.15, 0.2) is 0 Å². The average Bonchev–Trinajstić information content (AvgIpc) is 2.58. The second kappa shape index (κ2) is 9.05. The van der Waals surface area contributed by atoms with Gasteiger partial charge in [-0.2, -0.15) is 0 Å². The van der Waals surface area contributed by atoms with Gasteiger partial charge in [-0.05, 0) is 62.5 Å². The second-order valence-electron chi connectivity index (χ2n) is 5.90. The summed E-state index contributed by atoms with van der Waals surface area (Å²) in [5.41, 5.74) is 1.06. The summed E-state index contributed by atoms with van der Waals surface area (Å²) in [6, 6.07) is 14.8. The highest BCUT2D eigenvalue weighted by molar-refractivity contribution is 7.99. The fourth-order valence-electron chi connectivity index (χ4n) is 2.44. The van der Waals surface area contributed by atoms with Gasteiger partial charge in [-0.15, -0.1) is 11.8 Å². The Morgan fingerprint density at radius 2 is 1.80 bits per heavy atom. The molecule has 0 amide bonds. The van der Waals surface area contributed by atoms with E-state index >= 15 is 0 Å². The van der Waals surface area contributed by atoms with Crippen molar-refractivity contribution < 1.29 is 8.42 Å². The van der Waals surface area contributed by atoms with Gasteiger partial charge in [0.2, 0.25) is 10.0 Å². The SMILES string of the molecule is CC(c1ccc(S(N)(=O)=O)cc1)N(C)CCCSc1ccccc1Cl. The van der Waals surface area contributed by atoms with E-state index in [0.29, 0.717) is 0 Å². The molecule has 0 bridgehead atoms. The Morgan fingerprint density at radius 1 is 1.16 bits per heavy atom. The van der Waals surface area contributed by atoms with Crippen LogP contribution in [0, 0.1) is 0 Å². The first-order valence-electron chi connectivity index (χ1n) is 7.99. The number of nitrogens with two attached hydrogens (primary N) is 1. The highest BCUT2D eigenvalue weighted by Gasteiger charge is 2.13. The van der Waals surface area contributed by atoms with E-state index in [0.717, 1.165) is 34.2 Å². The molecule has 2 N–H and O–H groups in total. The number of thioether (sulfide) groups is 1. The quantitative estimate of drug-likeness (QED) is 0.535. The molecule has 1 unspecified atom stereocenters. The maximum atomic E-state index is 11.3. The summed E-state index contributed by atoms with van der Waals surface area (Å²) in [6.45, 7) is 3.04. The highest BCUT2D eigenvalue weighted by Crippen LogP contribution is 2.27. The zero-order valence-corrected chi connectivity index (χ0v) is 16.7. The summed E-state index contributed by atoms with van der Waals surface area (Å²) < 4.78 is 22.6. The first-order chi connectivity index (χ1) is 11.8. The molecule has 136 valence electrons. The molecule has 7 heteroatoms. The van der Waals surface area contributed by atoms with Gasteiger partial charge in [-0.3, -0.25) is 4.90 Å². The van der Waals surface area contributed by atoms with Gasteiger partial charge in [0.25, 0.3) is 0 Å². The smallest absolute Gasteiger partial charge is 0.238 e. The Morgan fingerprint density at radius 3 is 2.40 bits per heavy atom. The molecule has 0 aliphatic rings. The molecule has 0 aliphatic carbocycles. The van der Waals surface area contributed by atoms with E-state index in [9.17, 15) is 8.42 Å². The average molecular weight is 399 g/mol. The Balaban J connectivity index is 1.84. The second-order valence-corrected chi connectivity index (χ2v) is 9.01. The lowest BCUT2D eigenvalue weighted by molar-refractivity contribution is 0.263. The predicted molar refractivity (Wildman–Crippen MR) is 106 cm³/mol. The van der Waals surface area contributed by atoms with Gasteiger partial charge < -0.3 is 0 Å². The van der Waals surface area contributed by atoms with E-state index in [-0.39, 0.29) is 10.9 Å². The third-order valence-electron chi connectivity index (χ3n) is 4.10. The number of halogens is 1. The van der Waals surface area contributed by atoms with Gasteiger partial charge >= 0.3 is 0 Å². The minimum absolute atomic E-state index is 0.141. The van der Waals surface area contributed by atoms with Gasteiger partial charge in [0.1, 0.15) is 0 Å².